The molecule has 1 aromatic carbocycles. The molecule has 0 saturated carbocycles. The average Bonchev–Trinajstić information content (AvgIpc) is 3.33. The van der Waals surface area contributed by atoms with Gasteiger partial charge in [-0.05, 0) is 31.0 Å². The summed E-state index contributed by atoms with van der Waals surface area (Å²) in [4.78, 5) is 21.7. The Morgan fingerprint density at radius 3 is 3.19 bits per heavy atom. The highest BCUT2D eigenvalue weighted by atomic mass is 35.5. The number of carbonyl (C=O) groups is 1. The number of halogens is 1. The quantitative estimate of drug-likeness (QED) is 0.733. The molecule has 1 unspecified atom stereocenters. The van der Waals surface area contributed by atoms with Crippen LogP contribution in [0.3, 0.4) is 0 Å². The average molecular weight is 386 g/mol. The molecule has 5 rings (SSSR count). The van der Waals surface area contributed by atoms with Gasteiger partial charge in [-0.2, -0.15) is 10.1 Å². The van der Waals surface area contributed by atoms with E-state index in [2.05, 4.69) is 20.1 Å². The minimum absolute atomic E-state index is 0.0363. The summed E-state index contributed by atoms with van der Waals surface area (Å²) in [7, 11) is 0. The molecule has 2 aliphatic heterocycles. The molecule has 27 heavy (non-hydrogen) atoms. The fourth-order valence-electron chi connectivity index (χ4n) is 4.04. The molecule has 0 spiro atoms. The monoisotopic (exact) mass is 385 g/mol. The largest absolute Gasteiger partial charge is 0.423 e. The van der Waals surface area contributed by atoms with Crippen molar-refractivity contribution >= 4 is 34.6 Å². The number of H-pyrrole nitrogens is 1. The number of nitrogens with zero attached hydrogens (tertiary/aromatic N) is 4. The summed E-state index contributed by atoms with van der Waals surface area (Å²) in [6, 6.07) is 5.99. The Hall–Kier alpha value is -2.54. The molecule has 1 atom stereocenters. The molecule has 7 nitrogen and oxygen atoms in total. The number of carbonyl (C=O) groups excluding carboxylic acids is 1. The van der Waals surface area contributed by atoms with E-state index in [0.29, 0.717) is 29.7 Å². The van der Waals surface area contributed by atoms with Crippen LogP contribution in [0.4, 0.5) is 6.01 Å². The second kappa shape index (κ2) is 6.56. The van der Waals surface area contributed by atoms with Gasteiger partial charge >= 0.3 is 0 Å². The van der Waals surface area contributed by atoms with Gasteiger partial charge in [0.25, 0.3) is 6.01 Å². The summed E-state index contributed by atoms with van der Waals surface area (Å²) < 4.78 is 5.89. The van der Waals surface area contributed by atoms with Gasteiger partial charge in [0.2, 0.25) is 5.91 Å². The second-order valence-electron chi connectivity index (χ2n) is 7.28. The van der Waals surface area contributed by atoms with E-state index in [0.717, 1.165) is 49.1 Å². The van der Waals surface area contributed by atoms with E-state index in [4.69, 9.17) is 16.0 Å². The molecule has 1 amide bonds. The van der Waals surface area contributed by atoms with Gasteiger partial charge in [-0.25, -0.2) is 0 Å². The number of hydrogen-bond acceptors (Lipinski definition) is 5. The van der Waals surface area contributed by atoms with Gasteiger partial charge in [0.1, 0.15) is 5.52 Å². The Morgan fingerprint density at radius 1 is 1.33 bits per heavy atom. The number of aromatic nitrogens is 3. The summed E-state index contributed by atoms with van der Waals surface area (Å²) in [6.07, 6.45) is 4.51. The van der Waals surface area contributed by atoms with Crippen molar-refractivity contribution in [3.8, 4) is 0 Å². The number of piperidine rings is 1. The van der Waals surface area contributed by atoms with Gasteiger partial charge < -0.3 is 14.2 Å². The van der Waals surface area contributed by atoms with E-state index < -0.39 is 0 Å². The lowest BCUT2D eigenvalue weighted by Gasteiger charge is -2.35. The molecule has 2 aromatic heterocycles. The van der Waals surface area contributed by atoms with E-state index >= 15 is 0 Å². The summed E-state index contributed by atoms with van der Waals surface area (Å²) >= 11 is 6.04. The maximum atomic E-state index is 13.1. The van der Waals surface area contributed by atoms with E-state index in [9.17, 15) is 4.79 Å². The predicted molar refractivity (Wildman–Crippen MR) is 102 cm³/mol. The Morgan fingerprint density at radius 2 is 2.26 bits per heavy atom. The van der Waals surface area contributed by atoms with Crippen LogP contribution in [0.15, 0.2) is 28.8 Å². The van der Waals surface area contributed by atoms with Gasteiger partial charge in [-0.3, -0.25) is 9.89 Å². The van der Waals surface area contributed by atoms with E-state index in [1.165, 1.54) is 0 Å². The van der Waals surface area contributed by atoms with Gasteiger partial charge in [0, 0.05) is 48.9 Å². The zero-order valence-electron chi connectivity index (χ0n) is 14.8. The highest BCUT2D eigenvalue weighted by Gasteiger charge is 2.32. The minimum Gasteiger partial charge on any atom is -0.423 e. The molecule has 0 radical (unpaired) electrons. The first-order valence-electron chi connectivity index (χ1n) is 9.28. The standard InChI is InChI=1S/C19H20ClN5O2/c20-14-3-4-17-16(8-14)22-19(27-17)25-6-1-2-12(10-25)18(26)24-7-5-15-13(11-24)9-21-23-15/h3-4,8-9,12H,1-2,5-7,10-11H2,(H,21,23). The molecule has 1 N–H and O–H groups in total. The van der Waals surface area contributed by atoms with E-state index in [1.807, 2.05) is 17.2 Å². The molecule has 1 fully saturated rings. The normalized spacial score (nSPS) is 20.1. The minimum atomic E-state index is -0.0363. The second-order valence-corrected chi connectivity index (χ2v) is 7.71. The molecular weight excluding hydrogens is 366 g/mol. The summed E-state index contributed by atoms with van der Waals surface area (Å²) in [5, 5.41) is 7.74. The first-order chi connectivity index (χ1) is 13.2. The maximum Gasteiger partial charge on any atom is 0.298 e. The highest BCUT2D eigenvalue weighted by molar-refractivity contribution is 6.31. The molecule has 2 aliphatic rings. The SMILES string of the molecule is O=C(C1CCCN(c2nc3cc(Cl)ccc3o2)C1)N1CCc2[nH]ncc2C1. The molecule has 0 bridgehead atoms. The number of rotatable bonds is 2. The van der Waals surface area contributed by atoms with Gasteiger partial charge in [0.15, 0.2) is 5.58 Å². The first-order valence-corrected chi connectivity index (χ1v) is 9.66. The lowest BCUT2D eigenvalue weighted by molar-refractivity contribution is -0.136. The number of aromatic amines is 1. The van der Waals surface area contributed by atoms with E-state index in [-0.39, 0.29) is 11.8 Å². The van der Waals surface area contributed by atoms with Crippen molar-refractivity contribution in [1.82, 2.24) is 20.1 Å². The molecule has 8 heteroatoms. The lowest BCUT2D eigenvalue weighted by atomic mass is 9.95. The Kier molecular flexibility index (Phi) is 4.04. The molecule has 0 aliphatic carbocycles. The molecule has 4 heterocycles. The first kappa shape index (κ1) is 16.6. The number of benzene rings is 1. The van der Waals surface area contributed by atoms with Crippen LogP contribution < -0.4 is 4.90 Å². The number of anilines is 1. The van der Waals surface area contributed by atoms with Crippen LogP contribution >= 0.6 is 11.6 Å². The van der Waals surface area contributed by atoms with Gasteiger partial charge in [0.05, 0.1) is 12.1 Å². The van der Waals surface area contributed by atoms with Crippen LogP contribution in [0.5, 0.6) is 0 Å². The molecule has 3 aromatic rings. The van der Waals surface area contributed by atoms with E-state index in [1.54, 1.807) is 12.1 Å². The van der Waals surface area contributed by atoms with Gasteiger partial charge in [-0.1, -0.05) is 11.6 Å². The zero-order valence-corrected chi connectivity index (χ0v) is 15.6. The fraction of sp³-hybridized carbons (Fsp3) is 0.421. The predicted octanol–water partition coefficient (Wildman–Crippen LogP) is 3.01. The molecular formula is C19H20ClN5O2. The number of hydrogen-bond donors (Lipinski definition) is 1. The van der Waals surface area contributed by atoms with Crippen molar-refractivity contribution in [1.29, 1.82) is 0 Å². The van der Waals surface area contributed by atoms with Crippen LogP contribution in [-0.2, 0) is 17.8 Å². The van der Waals surface area contributed by atoms with Crippen molar-refractivity contribution < 1.29 is 9.21 Å². The van der Waals surface area contributed by atoms with Crippen LogP contribution in [0.25, 0.3) is 11.1 Å². The number of amides is 1. The van der Waals surface area contributed by atoms with Crippen molar-refractivity contribution in [3.05, 3.63) is 40.7 Å². The molecule has 1 saturated heterocycles. The fourth-order valence-corrected chi connectivity index (χ4v) is 4.21. The van der Waals surface area contributed by atoms with Crippen LogP contribution in [0.2, 0.25) is 5.02 Å². The third kappa shape index (κ3) is 3.06. The summed E-state index contributed by atoms with van der Waals surface area (Å²) in [5.41, 5.74) is 3.73. The van der Waals surface area contributed by atoms with Crippen molar-refractivity contribution in [2.45, 2.75) is 25.8 Å². The molecule has 140 valence electrons. The van der Waals surface area contributed by atoms with Crippen molar-refractivity contribution in [2.75, 3.05) is 24.5 Å². The highest BCUT2D eigenvalue weighted by Crippen LogP contribution is 2.29. The van der Waals surface area contributed by atoms with Crippen LogP contribution in [0.1, 0.15) is 24.1 Å². The van der Waals surface area contributed by atoms with Crippen LogP contribution in [0, 0.1) is 5.92 Å². The third-order valence-corrected chi connectivity index (χ3v) is 5.73. The number of fused-ring (bicyclic) bond motifs is 2. The zero-order chi connectivity index (χ0) is 18.4. The summed E-state index contributed by atoms with van der Waals surface area (Å²) in [5.74, 6) is 0.177. The summed E-state index contributed by atoms with van der Waals surface area (Å²) in [6.45, 7) is 2.86. The Labute approximate surface area is 161 Å². The third-order valence-electron chi connectivity index (χ3n) is 5.49. The maximum absolute atomic E-state index is 13.1. The number of oxazole rings is 1. The van der Waals surface area contributed by atoms with Crippen molar-refractivity contribution in [3.63, 3.8) is 0 Å². The topological polar surface area (TPSA) is 78.3 Å². The Bertz CT molecular complexity index is 997. The smallest absolute Gasteiger partial charge is 0.298 e. The Balaban J connectivity index is 1.32. The van der Waals surface area contributed by atoms with Crippen molar-refractivity contribution in [2.24, 2.45) is 5.92 Å². The number of nitrogens with one attached hydrogen (secondary N) is 1. The van der Waals surface area contributed by atoms with Gasteiger partial charge in [-0.15, -0.1) is 0 Å². The van der Waals surface area contributed by atoms with Crippen LogP contribution in [-0.4, -0.2) is 45.6 Å². The lowest BCUT2D eigenvalue weighted by Crippen LogP contribution is -2.46.